The Morgan fingerprint density at radius 3 is 2.93 bits per heavy atom. The Hall–Kier alpha value is -1.19. The van der Waals surface area contributed by atoms with E-state index in [4.69, 9.17) is 17.3 Å². The lowest BCUT2D eigenvalue weighted by molar-refractivity contribution is 1.06. The molecule has 0 saturated heterocycles. The molecule has 3 nitrogen and oxygen atoms in total. The van der Waals surface area contributed by atoms with Crippen molar-refractivity contribution in [1.29, 1.82) is 0 Å². The lowest BCUT2D eigenvalue weighted by Crippen LogP contribution is -2.00. The van der Waals surface area contributed by atoms with Gasteiger partial charge in [0.15, 0.2) is 0 Å². The molecular weight excluding hydrogens is 198 g/mol. The number of fused-ring (bicyclic) bond motifs is 1. The van der Waals surface area contributed by atoms with E-state index in [1.54, 1.807) is 6.20 Å². The van der Waals surface area contributed by atoms with Crippen LogP contribution in [0.2, 0.25) is 5.02 Å². The molecule has 2 rings (SSSR count). The van der Waals surface area contributed by atoms with Gasteiger partial charge < -0.3 is 5.73 Å². The predicted octanol–water partition coefficient (Wildman–Crippen LogP) is 2.05. The Labute approximate surface area is 86.9 Å². The normalized spacial score (nSPS) is 10.8. The molecule has 2 N–H and O–H groups in total. The molecule has 2 aromatic rings. The molecule has 4 heteroatoms. The second kappa shape index (κ2) is 3.52. The minimum atomic E-state index is 0.405. The lowest BCUT2D eigenvalue weighted by Gasteiger charge is -2.05. The van der Waals surface area contributed by atoms with Gasteiger partial charge in [0.05, 0.1) is 5.52 Å². The van der Waals surface area contributed by atoms with Crippen LogP contribution in [-0.4, -0.2) is 9.97 Å². The summed E-state index contributed by atoms with van der Waals surface area (Å²) in [5.74, 6) is 0.753. The summed E-state index contributed by atoms with van der Waals surface area (Å²) >= 11 is 6.01. The highest BCUT2D eigenvalue weighted by molar-refractivity contribution is 6.32. The summed E-state index contributed by atoms with van der Waals surface area (Å²) in [6, 6.07) is 3.70. The Bertz CT molecular complexity index is 482. The molecule has 0 atom stereocenters. The quantitative estimate of drug-likeness (QED) is 0.779. The van der Waals surface area contributed by atoms with Crippen LogP contribution in [0.5, 0.6) is 0 Å². The van der Waals surface area contributed by atoms with Gasteiger partial charge >= 0.3 is 0 Å². The highest BCUT2D eigenvalue weighted by Crippen LogP contribution is 2.23. The molecule has 1 aromatic carbocycles. The first-order valence-corrected chi connectivity index (χ1v) is 4.71. The van der Waals surface area contributed by atoms with Gasteiger partial charge in [-0.3, -0.25) is 0 Å². The molecular formula is C10H10ClN3. The van der Waals surface area contributed by atoms with Crippen LogP contribution in [0, 0.1) is 6.92 Å². The average molecular weight is 208 g/mol. The molecule has 0 spiro atoms. The summed E-state index contributed by atoms with van der Waals surface area (Å²) in [4.78, 5) is 8.43. The number of rotatable bonds is 1. The van der Waals surface area contributed by atoms with Crippen LogP contribution in [0.15, 0.2) is 18.3 Å². The molecule has 1 aromatic heterocycles. The first-order valence-electron chi connectivity index (χ1n) is 4.33. The molecule has 0 bridgehead atoms. The number of nitrogens with two attached hydrogens (primary N) is 1. The summed E-state index contributed by atoms with van der Waals surface area (Å²) < 4.78 is 0. The van der Waals surface area contributed by atoms with Crippen LogP contribution < -0.4 is 5.73 Å². The van der Waals surface area contributed by atoms with Gasteiger partial charge in [-0.1, -0.05) is 11.6 Å². The van der Waals surface area contributed by atoms with Gasteiger partial charge in [-0.2, -0.15) is 0 Å². The number of halogens is 1. The van der Waals surface area contributed by atoms with Crippen molar-refractivity contribution >= 4 is 22.5 Å². The van der Waals surface area contributed by atoms with Crippen LogP contribution >= 0.6 is 11.6 Å². The summed E-state index contributed by atoms with van der Waals surface area (Å²) in [7, 11) is 0. The van der Waals surface area contributed by atoms with Crippen molar-refractivity contribution in [2.24, 2.45) is 5.73 Å². The summed E-state index contributed by atoms with van der Waals surface area (Å²) in [5, 5.41) is 1.61. The molecule has 0 radical (unpaired) electrons. The van der Waals surface area contributed by atoms with E-state index >= 15 is 0 Å². The zero-order valence-corrected chi connectivity index (χ0v) is 8.54. The monoisotopic (exact) mass is 207 g/mol. The van der Waals surface area contributed by atoms with E-state index in [-0.39, 0.29) is 0 Å². The number of hydrogen-bond donors (Lipinski definition) is 1. The maximum atomic E-state index is 6.01. The average Bonchev–Trinajstić information content (AvgIpc) is 2.18. The van der Waals surface area contributed by atoms with Gasteiger partial charge in [0.2, 0.25) is 0 Å². The third kappa shape index (κ3) is 1.45. The molecule has 0 aliphatic heterocycles. The van der Waals surface area contributed by atoms with Crippen molar-refractivity contribution in [3.63, 3.8) is 0 Å². The summed E-state index contributed by atoms with van der Waals surface area (Å²) in [5.41, 5.74) is 7.41. The van der Waals surface area contributed by atoms with E-state index in [0.717, 1.165) is 22.3 Å². The minimum absolute atomic E-state index is 0.405. The van der Waals surface area contributed by atoms with Gasteiger partial charge in [-0.05, 0) is 24.6 Å². The molecule has 0 saturated carbocycles. The van der Waals surface area contributed by atoms with Crippen molar-refractivity contribution in [2.75, 3.05) is 0 Å². The van der Waals surface area contributed by atoms with Gasteiger partial charge in [-0.15, -0.1) is 0 Å². The van der Waals surface area contributed by atoms with Gasteiger partial charge in [-0.25, -0.2) is 9.97 Å². The third-order valence-electron chi connectivity index (χ3n) is 2.14. The van der Waals surface area contributed by atoms with Crippen molar-refractivity contribution in [2.45, 2.75) is 13.5 Å². The Morgan fingerprint density at radius 2 is 2.21 bits per heavy atom. The number of benzene rings is 1. The summed E-state index contributed by atoms with van der Waals surface area (Å²) in [6.07, 6.45) is 1.77. The highest BCUT2D eigenvalue weighted by atomic mass is 35.5. The Morgan fingerprint density at radius 1 is 1.43 bits per heavy atom. The fourth-order valence-electron chi connectivity index (χ4n) is 1.44. The van der Waals surface area contributed by atoms with E-state index in [1.807, 2.05) is 19.1 Å². The number of aryl methyl sites for hydroxylation is 1. The number of aromatic nitrogens is 2. The van der Waals surface area contributed by atoms with Crippen LogP contribution in [0.3, 0.4) is 0 Å². The number of hydrogen-bond acceptors (Lipinski definition) is 3. The first-order chi connectivity index (χ1) is 6.72. The Balaban J connectivity index is 2.82. The molecule has 0 unspecified atom stereocenters. The molecule has 1 heterocycles. The van der Waals surface area contributed by atoms with Crippen molar-refractivity contribution < 1.29 is 0 Å². The fraction of sp³-hybridized carbons (Fsp3) is 0.200. The van der Waals surface area contributed by atoms with E-state index in [9.17, 15) is 0 Å². The van der Waals surface area contributed by atoms with Crippen molar-refractivity contribution in [3.8, 4) is 0 Å². The van der Waals surface area contributed by atoms with Gasteiger partial charge in [0, 0.05) is 23.2 Å². The maximum Gasteiger partial charge on any atom is 0.125 e. The molecule has 0 amide bonds. The van der Waals surface area contributed by atoms with Crippen LogP contribution in [0.1, 0.15) is 11.4 Å². The first kappa shape index (κ1) is 9.37. The van der Waals surface area contributed by atoms with E-state index in [0.29, 0.717) is 11.6 Å². The van der Waals surface area contributed by atoms with Crippen LogP contribution in [0.4, 0.5) is 0 Å². The maximum absolute atomic E-state index is 6.01. The van der Waals surface area contributed by atoms with Crippen molar-refractivity contribution in [1.82, 2.24) is 9.97 Å². The summed E-state index contributed by atoms with van der Waals surface area (Å²) in [6.45, 7) is 2.26. The fourth-order valence-corrected chi connectivity index (χ4v) is 1.68. The zero-order valence-electron chi connectivity index (χ0n) is 7.79. The SMILES string of the molecule is Cc1ncc2c(CN)c(Cl)ccc2n1. The lowest BCUT2D eigenvalue weighted by atomic mass is 10.1. The minimum Gasteiger partial charge on any atom is -0.326 e. The zero-order chi connectivity index (χ0) is 10.1. The molecule has 14 heavy (non-hydrogen) atoms. The Kier molecular flexibility index (Phi) is 2.35. The van der Waals surface area contributed by atoms with Gasteiger partial charge in [0.25, 0.3) is 0 Å². The number of nitrogens with zero attached hydrogens (tertiary/aromatic N) is 2. The molecule has 0 fully saturated rings. The molecule has 0 aliphatic carbocycles. The predicted molar refractivity (Wildman–Crippen MR) is 57.2 cm³/mol. The van der Waals surface area contributed by atoms with Crippen LogP contribution in [0.25, 0.3) is 10.9 Å². The third-order valence-corrected chi connectivity index (χ3v) is 2.50. The van der Waals surface area contributed by atoms with Crippen molar-refractivity contribution in [3.05, 3.63) is 34.7 Å². The largest absolute Gasteiger partial charge is 0.326 e. The highest BCUT2D eigenvalue weighted by Gasteiger charge is 2.05. The van der Waals surface area contributed by atoms with E-state index in [2.05, 4.69) is 9.97 Å². The van der Waals surface area contributed by atoms with Crippen LogP contribution in [-0.2, 0) is 6.54 Å². The topological polar surface area (TPSA) is 51.8 Å². The standard InChI is InChI=1S/C10H10ClN3/c1-6-13-5-8-7(4-12)9(11)2-3-10(8)14-6/h2-3,5H,4,12H2,1H3. The van der Waals surface area contributed by atoms with Gasteiger partial charge in [0.1, 0.15) is 5.82 Å². The molecule has 0 aliphatic rings. The second-order valence-electron chi connectivity index (χ2n) is 3.08. The smallest absolute Gasteiger partial charge is 0.125 e. The second-order valence-corrected chi connectivity index (χ2v) is 3.49. The van der Waals surface area contributed by atoms with E-state index in [1.165, 1.54) is 0 Å². The van der Waals surface area contributed by atoms with E-state index < -0.39 is 0 Å². The molecule has 72 valence electrons.